The lowest BCUT2D eigenvalue weighted by atomic mass is 10.2. The lowest BCUT2D eigenvalue weighted by molar-refractivity contribution is -0.131. The van der Waals surface area contributed by atoms with E-state index in [-0.39, 0.29) is 10.6 Å². The lowest BCUT2D eigenvalue weighted by Gasteiger charge is -2.13. The van der Waals surface area contributed by atoms with Crippen LogP contribution < -0.4 is 14.2 Å². The normalized spacial score (nSPS) is 11.3. The largest absolute Gasteiger partial charge is 0.497 e. The fraction of sp³-hybridized carbons (Fsp3) is 0.118. The summed E-state index contributed by atoms with van der Waals surface area (Å²) >= 11 is 0. The highest BCUT2D eigenvalue weighted by atomic mass is 32.2. The van der Waals surface area contributed by atoms with Crippen molar-refractivity contribution in [2.75, 3.05) is 18.9 Å². The van der Waals surface area contributed by atoms with Crippen LogP contribution in [0.1, 0.15) is 5.56 Å². The number of hydrogen-bond donors (Lipinski definition) is 2. The van der Waals surface area contributed by atoms with Gasteiger partial charge in [-0.1, -0.05) is 12.1 Å². The van der Waals surface area contributed by atoms with E-state index in [4.69, 9.17) is 14.6 Å². The van der Waals surface area contributed by atoms with E-state index < -0.39 is 16.0 Å². The number of carboxylic acid groups (broad SMARTS) is 1. The highest BCUT2D eigenvalue weighted by molar-refractivity contribution is 7.92. The van der Waals surface area contributed by atoms with Crippen molar-refractivity contribution >= 4 is 27.8 Å². The number of ether oxygens (including phenoxy) is 2. The van der Waals surface area contributed by atoms with Gasteiger partial charge in [0.25, 0.3) is 10.0 Å². The number of benzene rings is 2. The average Bonchev–Trinajstić information content (AvgIpc) is 2.60. The fourth-order valence-corrected chi connectivity index (χ4v) is 3.08. The minimum atomic E-state index is -3.84. The van der Waals surface area contributed by atoms with E-state index in [2.05, 4.69) is 4.72 Å². The maximum atomic E-state index is 12.5. The lowest BCUT2D eigenvalue weighted by Crippen LogP contribution is -2.13. The molecule has 0 spiro atoms. The van der Waals surface area contributed by atoms with Crippen LogP contribution in [-0.4, -0.2) is 33.7 Å². The van der Waals surface area contributed by atoms with Crippen molar-refractivity contribution in [2.45, 2.75) is 4.90 Å². The number of carboxylic acids is 1. The highest BCUT2D eigenvalue weighted by Crippen LogP contribution is 2.30. The van der Waals surface area contributed by atoms with Crippen LogP contribution >= 0.6 is 0 Å². The molecule has 0 aliphatic heterocycles. The van der Waals surface area contributed by atoms with Crippen molar-refractivity contribution in [2.24, 2.45) is 0 Å². The van der Waals surface area contributed by atoms with Gasteiger partial charge in [-0.05, 0) is 35.9 Å². The fourth-order valence-electron chi connectivity index (χ4n) is 2.02. The van der Waals surface area contributed by atoms with Gasteiger partial charge in [0.05, 0.1) is 24.8 Å². The summed E-state index contributed by atoms with van der Waals surface area (Å²) in [6, 6.07) is 10.6. The molecule has 0 saturated carbocycles. The van der Waals surface area contributed by atoms with Crippen molar-refractivity contribution in [1.29, 1.82) is 0 Å². The van der Waals surface area contributed by atoms with Crippen LogP contribution in [0.25, 0.3) is 6.08 Å². The van der Waals surface area contributed by atoms with Crippen LogP contribution in [0.15, 0.2) is 53.4 Å². The van der Waals surface area contributed by atoms with E-state index in [9.17, 15) is 13.2 Å². The first-order valence-corrected chi connectivity index (χ1v) is 8.60. The van der Waals surface area contributed by atoms with Gasteiger partial charge in [-0.25, -0.2) is 13.2 Å². The zero-order chi connectivity index (χ0) is 18.4. The average molecular weight is 363 g/mol. The van der Waals surface area contributed by atoms with Gasteiger partial charge in [0, 0.05) is 12.1 Å². The number of hydrogen-bond acceptors (Lipinski definition) is 5. The number of methoxy groups -OCH3 is 2. The molecule has 25 heavy (non-hydrogen) atoms. The standard InChI is InChI=1S/C17H17NO6S/c1-23-13-6-9-16(24-2)15(11-13)18-25(21,22)14-7-3-12(4-8-14)5-10-17(19)20/h3-11,18H,1-2H3,(H,19,20)/b10-5+. The van der Waals surface area contributed by atoms with Crippen molar-refractivity contribution in [1.82, 2.24) is 0 Å². The Balaban J connectivity index is 2.29. The Hall–Kier alpha value is -3.00. The van der Waals surface area contributed by atoms with Gasteiger partial charge in [0.2, 0.25) is 0 Å². The summed E-state index contributed by atoms with van der Waals surface area (Å²) in [7, 11) is -0.936. The van der Waals surface area contributed by atoms with Crippen LogP contribution in [0, 0.1) is 0 Å². The zero-order valence-electron chi connectivity index (χ0n) is 13.6. The molecule has 0 aromatic heterocycles. The van der Waals surface area contributed by atoms with Crippen molar-refractivity contribution in [3.63, 3.8) is 0 Å². The maximum Gasteiger partial charge on any atom is 0.328 e. The Bertz CT molecular complexity index is 888. The summed E-state index contributed by atoms with van der Waals surface area (Å²) in [6.45, 7) is 0. The van der Waals surface area contributed by atoms with E-state index in [1.54, 1.807) is 12.1 Å². The quantitative estimate of drug-likeness (QED) is 0.733. The van der Waals surface area contributed by atoms with E-state index in [0.717, 1.165) is 6.08 Å². The first kappa shape index (κ1) is 18.3. The summed E-state index contributed by atoms with van der Waals surface area (Å²) in [5, 5.41) is 8.60. The third-order valence-corrected chi connectivity index (χ3v) is 4.64. The second-order valence-corrected chi connectivity index (χ2v) is 6.59. The van der Waals surface area contributed by atoms with E-state index in [1.807, 2.05) is 0 Å². The van der Waals surface area contributed by atoms with Gasteiger partial charge in [-0.3, -0.25) is 4.72 Å². The summed E-state index contributed by atoms with van der Waals surface area (Å²) < 4.78 is 37.8. The van der Waals surface area contributed by atoms with Gasteiger partial charge in [0.1, 0.15) is 11.5 Å². The predicted molar refractivity (Wildman–Crippen MR) is 93.5 cm³/mol. The molecule has 2 N–H and O–H groups in total. The molecule has 7 nitrogen and oxygen atoms in total. The maximum absolute atomic E-state index is 12.5. The summed E-state index contributed by atoms with van der Waals surface area (Å²) in [4.78, 5) is 10.5. The minimum absolute atomic E-state index is 0.0323. The highest BCUT2D eigenvalue weighted by Gasteiger charge is 2.17. The summed E-state index contributed by atoms with van der Waals surface area (Å²) in [5.74, 6) is -0.249. The number of anilines is 1. The third-order valence-electron chi connectivity index (χ3n) is 3.26. The monoisotopic (exact) mass is 363 g/mol. The Labute approximate surface area is 145 Å². The molecule has 2 rings (SSSR count). The van der Waals surface area contributed by atoms with Gasteiger partial charge >= 0.3 is 5.97 Å². The van der Waals surface area contributed by atoms with E-state index in [1.165, 1.54) is 50.6 Å². The second-order valence-electron chi connectivity index (χ2n) is 4.91. The number of sulfonamides is 1. The molecular weight excluding hydrogens is 346 g/mol. The molecule has 0 amide bonds. The molecule has 132 valence electrons. The second kappa shape index (κ2) is 7.71. The van der Waals surface area contributed by atoms with Crippen LogP contribution in [0.5, 0.6) is 11.5 Å². The summed E-state index contributed by atoms with van der Waals surface area (Å²) in [6.07, 6.45) is 2.35. The van der Waals surface area contributed by atoms with E-state index >= 15 is 0 Å². The molecule has 8 heteroatoms. The minimum Gasteiger partial charge on any atom is -0.497 e. The van der Waals surface area contributed by atoms with Crippen molar-refractivity contribution in [3.05, 3.63) is 54.1 Å². The summed E-state index contributed by atoms with van der Waals surface area (Å²) in [5.41, 5.74) is 0.817. The molecule has 0 radical (unpaired) electrons. The molecule has 2 aromatic carbocycles. The molecule has 0 saturated heterocycles. The molecule has 0 fully saturated rings. The molecule has 0 aliphatic rings. The Morgan fingerprint density at radius 2 is 1.76 bits per heavy atom. The molecule has 0 bridgehead atoms. The van der Waals surface area contributed by atoms with Crippen LogP contribution in [-0.2, 0) is 14.8 Å². The smallest absolute Gasteiger partial charge is 0.328 e. The SMILES string of the molecule is COc1ccc(OC)c(NS(=O)(=O)c2ccc(/C=C/C(=O)O)cc2)c1. The van der Waals surface area contributed by atoms with Crippen molar-refractivity contribution in [3.8, 4) is 11.5 Å². The van der Waals surface area contributed by atoms with Crippen LogP contribution in [0.2, 0.25) is 0 Å². The van der Waals surface area contributed by atoms with Crippen molar-refractivity contribution < 1.29 is 27.8 Å². The van der Waals surface area contributed by atoms with Gasteiger partial charge in [-0.15, -0.1) is 0 Å². The van der Waals surface area contributed by atoms with Crippen LogP contribution in [0.4, 0.5) is 5.69 Å². The zero-order valence-corrected chi connectivity index (χ0v) is 14.4. The molecule has 0 heterocycles. The molecule has 0 atom stereocenters. The number of aliphatic carboxylic acids is 1. The number of carbonyl (C=O) groups is 1. The van der Waals surface area contributed by atoms with Gasteiger partial charge < -0.3 is 14.6 Å². The van der Waals surface area contributed by atoms with Crippen LogP contribution in [0.3, 0.4) is 0 Å². The first-order valence-electron chi connectivity index (χ1n) is 7.11. The van der Waals surface area contributed by atoms with E-state index in [0.29, 0.717) is 17.1 Å². The molecule has 0 unspecified atom stereocenters. The first-order chi connectivity index (χ1) is 11.9. The Kier molecular flexibility index (Phi) is 5.66. The number of rotatable bonds is 7. The van der Waals surface area contributed by atoms with Gasteiger partial charge in [-0.2, -0.15) is 0 Å². The molecular formula is C17H17NO6S. The topological polar surface area (TPSA) is 102 Å². The molecule has 0 aliphatic carbocycles. The van der Waals surface area contributed by atoms with Gasteiger partial charge in [0.15, 0.2) is 0 Å². The Morgan fingerprint density at radius 3 is 2.32 bits per heavy atom. The predicted octanol–water partition coefficient (Wildman–Crippen LogP) is 2.60. The Morgan fingerprint density at radius 1 is 1.08 bits per heavy atom. The molecule has 2 aromatic rings. The number of nitrogens with one attached hydrogen (secondary N) is 1. The third kappa shape index (κ3) is 4.74.